The Morgan fingerprint density at radius 1 is 1.00 bits per heavy atom. The zero-order chi connectivity index (χ0) is 16.4. The van der Waals surface area contributed by atoms with Gasteiger partial charge in [0.25, 0.3) is 0 Å². The number of nitrogens with zero attached hydrogens (tertiary/aromatic N) is 3. The van der Waals surface area contributed by atoms with E-state index in [2.05, 4.69) is 22.0 Å². The van der Waals surface area contributed by atoms with E-state index < -0.39 is 0 Å². The molecule has 5 heteroatoms. The third-order valence-corrected chi connectivity index (χ3v) is 6.84. The molecule has 0 aromatic rings. The van der Waals surface area contributed by atoms with E-state index in [4.69, 9.17) is 4.99 Å². The Kier molecular flexibility index (Phi) is 7.29. The van der Waals surface area contributed by atoms with Crippen molar-refractivity contribution < 1.29 is 0 Å². The van der Waals surface area contributed by atoms with Crippen LogP contribution in [0.1, 0.15) is 64.7 Å². The standard InChI is InChI=1S/C20H36N4.HI/c1-2-21-20(22-19-14-18(19)16-8-4-3-5-9-16)24-13-10-17(15-24)23-11-6-7-12-23;/h16-19H,2-15H2,1H3,(H,21,22);1H. The molecular formula is C20H37IN4. The van der Waals surface area contributed by atoms with Gasteiger partial charge in [-0.2, -0.15) is 0 Å². The Morgan fingerprint density at radius 2 is 1.76 bits per heavy atom. The molecule has 0 radical (unpaired) electrons. The Bertz CT molecular complexity index is 443. The molecule has 0 bridgehead atoms. The molecule has 4 rings (SSSR count). The van der Waals surface area contributed by atoms with Gasteiger partial charge >= 0.3 is 0 Å². The molecule has 2 heterocycles. The summed E-state index contributed by atoms with van der Waals surface area (Å²) in [6, 6.07) is 1.48. The molecule has 25 heavy (non-hydrogen) atoms. The lowest BCUT2D eigenvalue weighted by atomic mass is 9.85. The van der Waals surface area contributed by atoms with Gasteiger partial charge in [0.05, 0.1) is 0 Å². The van der Waals surface area contributed by atoms with E-state index in [9.17, 15) is 0 Å². The minimum absolute atomic E-state index is 0. The number of guanidine groups is 1. The maximum atomic E-state index is 4.84. The first-order valence-electron chi connectivity index (χ1n) is 10.6. The molecule has 4 aliphatic rings. The third-order valence-electron chi connectivity index (χ3n) is 6.84. The van der Waals surface area contributed by atoms with Crippen molar-refractivity contribution in [3.05, 3.63) is 0 Å². The van der Waals surface area contributed by atoms with E-state index in [-0.39, 0.29) is 24.0 Å². The van der Waals surface area contributed by atoms with Crippen molar-refractivity contribution in [3.8, 4) is 0 Å². The van der Waals surface area contributed by atoms with Crippen LogP contribution in [0.4, 0.5) is 0 Å². The smallest absolute Gasteiger partial charge is 0.194 e. The minimum atomic E-state index is 0. The van der Waals surface area contributed by atoms with Gasteiger partial charge in [0, 0.05) is 31.7 Å². The van der Waals surface area contributed by atoms with Gasteiger partial charge in [-0.15, -0.1) is 24.0 Å². The van der Waals surface area contributed by atoms with Gasteiger partial charge in [0.15, 0.2) is 5.96 Å². The molecule has 4 nitrogen and oxygen atoms in total. The predicted molar refractivity (Wildman–Crippen MR) is 116 cm³/mol. The van der Waals surface area contributed by atoms with Crippen molar-refractivity contribution in [1.29, 1.82) is 0 Å². The van der Waals surface area contributed by atoms with E-state index in [0.29, 0.717) is 6.04 Å². The zero-order valence-corrected chi connectivity index (χ0v) is 18.3. The average Bonchev–Trinajstić information content (AvgIpc) is 3.04. The van der Waals surface area contributed by atoms with Crippen LogP contribution in [0.3, 0.4) is 0 Å². The molecule has 4 fully saturated rings. The first-order valence-corrected chi connectivity index (χ1v) is 10.6. The average molecular weight is 460 g/mol. The number of nitrogens with one attached hydrogen (secondary N) is 1. The Morgan fingerprint density at radius 3 is 2.48 bits per heavy atom. The summed E-state index contributed by atoms with van der Waals surface area (Å²) < 4.78 is 0. The highest BCUT2D eigenvalue weighted by Crippen LogP contribution is 2.44. The Hall–Kier alpha value is -0.0400. The van der Waals surface area contributed by atoms with Crippen LogP contribution in [0.25, 0.3) is 0 Å². The van der Waals surface area contributed by atoms with Gasteiger partial charge in [-0.05, 0) is 57.5 Å². The van der Waals surface area contributed by atoms with Crippen LogP contribution in [0, 0.1) is 11.8 Å². The highest BCUT2D eigenvalue weighted by Gasteiger charge is 2.44. The summed E-state index contributed by atoms with van der Waals surface area (Å²) in [7, 11) is 0. The Balaban J connectivity index is 0.00000182. The van der Waals surface area contributed by atoms with Gasteiger partial charge in [0.2, 0.25) is 0 Å². The number of rotatable bonds is 4. The van der Waals surface area contributed by atoms with Crippen molar-refractivity contribution >= 4 is 29.9 Å². The van der Waals surface area contributed by atoms with Crippen molar-refractivity contribution in [1.82, 2.24) is 15.1 Å². The predicted octanol–water partition coefficient (Wildman–Crippen LogP) is 3.71. The second-order valence-corrected chi connectivity index (χ2v) is 8.48. The summed E-state index contributed by atoms with van der Waals surface area (Å²) in [4.78, 5) is 10.1. The molecular weight excluding hydrogens is 423 g/mol. The van der Waals surface area contributed by atoms with Crippen LogP contribution in [0.5, 0.6) is 0 Å². The van der Waals surface area contributed by atoms with Gasteiger partial charge in [-0.1, -0.05) is 32.1 Å². The summed E-state index contributed by atoms with van der Waals surface area (Å²) in [5, 5.41) is 3.85. The third kappa shape index (κ3) is 4.82. The van der Waals surface area contributed by atoms with Crippen LogP contribution in [-0.2, 0) is 0 Å². The zero-order valence-electron chi connectivity index (χ0n) is 16.0. The molecule has 0 aromatic carbocycles. The molecule has 2 aliphatic heterocycles. The number of halogens is 1. The molecule has 0 spiro atoms. The maximum absolute atomic E-state index is 4.84. The van der Waals surface area contributed by atoms with Crippen LogP contribution >= 0.6 is 24.0 Å². The summed E-state index contributed by atoms with van der Waals surface area (Å²) in [5.41, 5.74) is 0. The van der Waals surface area contributed by atoms with Gasteiger partial charge < -0.3 is 10.2 Å². The number of likely N-dealkylation sites (tertiary alicyclic amines) is 2. The molecule has 3 unspecified atom stereocenters. The lowest BCUT2D eigenvalue weighted by molar-refractivity contribution is 0.249. The lowest BCUT2D eigenvalue weighted by Gasteiger charge is -2.26. The summed E-state index contributed by atoms with van der Waals surface area (Å²) in [6.45, 7) is 8.08. The van der Waals surface area contributed by atoms with Crippen molar-refractivity contribution in [2.24, 2.45) is 16.8 Å². The van der Waals surface area contributed by atoms with Gasteiger partial charge in [-0.25, -0.2) is 0 Å². The first-order chi connectivity index (χ1) is 11.8. The molecule has 0 aromatic heterocycles. The molecule has 2 saturated heterocycles. The van der Waals surface area contributed by atoms with Crippen molar-refractivity contribution in [2.45, 2.75) is 76.8 Å². The SMILES string of the molecule is CCN=C(NC1CC1C1CCCCC1)N1CCC(N2CCCC2)C1.I. The highest BCUT2D eigenvalue weighted by molar-refractivity contribution is 14.0. The maximum Gasteiger partial charge on any atom is 0.194 e. The van der Waals surface area contributed by atoms with Crippen LogP contribution in [-0.4, -0.2) is 60.6 Å². The fourth-order valence-corrected chi connectivity index (χ4v) is 5.36. The molecule has 1 N–H and O–H groups in total. The summed E-state index contributed by atoms with van der Waals surface area (Å²) in [6.07, 6.45) is 12.9. The highest BCUT2D eigenvalue weighted by atomic mass is 127. The summed E-state index contributed by atoms with van der Waals surface area (Å²) >= 11 is 0. The first kappa shape index (κ1) is 19.7. The minimum Gasteiger partial charge on any atom is -0.353 e. The van der Waals surface area contributed by atoms with E-state index in [0.717, 1.165) is 24.4 Å². The van der Waals surface area contributed by atoms with Crippen LogP contribution < -0.4 is 5.32 Å². The normalized spacial score (nSPS) is 34.2. The number of hydrogen-bond donors (Lipinski definition) is 1. The Labute approximate surface area is 171 Å². The fourth-order valence-electron chi connectivity index (χ4n) is 5.36. The lowest BCUT2D eigenvalue weighted by Crippen LogP contribution is -2.44. The molecule has 144 valence electrons. The number of hydrogen-bond acceptors (Lipinski definition) is 2. The van der Waals surface area contributed by atoms with Gasteiger partial charge in [0.1, 0.15) is 0 Å². The van der Waals surface area contributed by atoms with E-state index in [1.807, 2.05) is 0 Å². The summed E-state index contributed by atoms with van der Waals surface area (Å²) in [5.74, 6) is 3.14. The van der Waals surface area contributed by atoms with Crippen LogP contribution in [0.2, 0.25) is 0 Å². The molecule has 2 saturated carbocycles. The topological polar surface area (TPSA) is 30.9 Å². The van der Waals surface area contributed by atoms with Crippen molar-refractivity contribution in [3.63, 3.8) is 0 Å². The van der Waals surface area contributed by atoms with Gasteiger partial charge in [-0.3, -0.25) is 9.89 Å². The number of aliphatic imine (C=N–C) groups is 1. The second-order valence-electron chi connectivity index (χ2n) is 8.48. The largest absolute Gasteiger partial charge is 0.353 e. The van der Waals surface area contributed by atoms with Crippen molar-refractivity contribution in [2.75, 3.05) is 32.7 Å². The monoisotopic (exact) mass is 460 g/mol. The fraction of sp³-hybridized carbons (Fsp3) is 0.950. The molecule has 2 aliphatic carbocycles. The quantitative estimate of drug-likeness (QED) is 0.394. The van der Waals surface area contributed by atoms with E-state index in [1.165, 1.54) is 89.9 Å². The molecule has 3 atom stereocenters. The molecule has 0 amide bonds. The van der Waals surface area contributed by atoms with E-state index in [1.54, 1.807) is 0 Å². The second kappa shape index (κ2) is 9.25. The van der Waals surface area contributed by atoms with Crippen LogP contribution in [0.15, 0.2) is 4.99 Å². The van der Waals surface area contributed by atoms with E-state index >= 15 is 0 Å².